The van der Waals surface area contributed by atoms with Crippen molar-refractivity contribution in [2.45, 2.75) is 84.0 Å². The van der Waals surface area contributed by atoms with E-state index in [0.29, 0.717) is 6.61 Å². The van der Waals surface area contributed by atoms with Crippen LogP contribution in [-0.4, -0.2) is 17.7 Å². The van der Waals surface area contributed by atoms with Crippen molar-refractivity contribution < 1.29 is 14.6 Å². The second kappa shape index (κ2) is 15.5. The number of hydrogen-bond donors (Lipinski definition) is 1. The fourth-order valence-electron chi connectivity index (χ4n) is 2.99. The minimum atomic E-state index is -1.01. The van der Waals surface area contributed by atoms with Crippen molar-refractivity contribution >= 4 is 12.0 Å². The molecule has 0 aliphatic carbocycles. The molecule has 0 aliphatic heterocycles. The molecule has 1 rings (SSSR count). The first-order chi connectivity index (χ1) is 12.7. The monoisotopic (exact) mass is 360 g/mol. The van der Waals surface area contributed by atoms with E-state index >= 15 is 0 Å². The summed E-state index contributed by atoms with van der Waals surface area (Å²) >= 11 is 0. The molecule has 0 saturated heterocycles. The molecule has 0 bridgehead atoms. The Balaban J connectivity index is 2.02. The number of aliphatic carboxylic acids is 1. The predicted molar refractivity (Wildman–Crippen MR) is 109 cm³/mol. The average Bonchev–Trinajstić information content (AvgIpc) is 2.65. The van der Waals surface area contributed by atoms with Crippen molar-refractivity contribution in [3.63, 3.8) is 0 Å². The number of ether oxygens (including phenoxy) is 1. The Labute approximate surface area is 159 Å². The smallest absolute Gasteiger partial charge is 0.371 e. The number of benzene rings is 1. The SMILES string of the molecule is CCCCCCCCCCCCCCOC(=Cc1ccccc1)C(=O)O. The van der Waals surface area contributed by atoms with Crippen molar-refractivity contribution in [2.75, 3.05) is 6.61 Å². The van der Waals surface area contributed by atoms with Gasteiger partial charge in [-0.2, -0.15) is 0 Å². The van der Waals surface area contributed by atoms with E-state index in [0.717, 1.165) is 18.4 Å². The number of carboxylic acids is 1. The first-order valence-corrected chi connectivity index (χ1v) is 10.4. The first kappa shape index (κ1) is 22.3. The Hall–Kier alpha value is -1.77. The zero-order chi connectivity index (χ0) is 18.9. The molecule has 0 aliphatic rings. The third kappa shape index (κ3) is 11.7. The minimum Gasteiger partial charge on any atom is -0.487 e. The Bertz CT molecular complexity index is 493. The van der Waals surface area contributed by atoms with Crippen molar-refractivity contribution in [1.82, 2.24) is 0 Å². The number of carbonyl (C=O) groups is 1. The molecule has 0 aromatic heterocycles. The predicted octanol–water partition coefficient (Wildman–Crippen LogP) is 6.83. The molecule has 0 fully saturated rings. The highest BCUT2D eigenvalue weighted by Crippen LogP contribution is 2.13. The maximum Gasteiger partial charge on any atom is 0.371 e. The van der Waals surface area contributed by atoms with Gasteiger partial charge in [0.25, 0.3) is 0 Å². The van der Waals surface area contributed by atoms with Gasteiger partial charge in [0, 0.05) is 0 Å². The van der Waals surface area contributed by atoms with Crippen LogP contribution in [0.15, 0.2) is 36.1 Å². The van der Waals surface area contributed by atoms with Crippen LogP contribution in [0.25, 0.3) is 6.08 Å². The molecule has 1 N–H and O–H groups in total. The fraction of sp³-hybridized carbons (Fsp3) is 0.609. The van der Waals surface area contributed by atoms with E-state index in [1.165, 1.54) is 64.2 Å². The molecule has 0 spiro atoms. The molecular weight excluding hydrogens is 324 g/mol. The van der Waals surface area contributed by atoms with Crippen LogP contribution in [-0.2, 0) is 9.53 Å². The van der Waals surface area contributed by atoms with Gasteiger partial charge in [0.15, 0.2) is 0 Å². The zero-order valence-corrected chi connectivity index (χ0v) is 16.4. The van der Waals surface area contributed by atoms with E-state index in [4.69, 9.17) is 4.74 Å². The van der Waals surface area contributed by atoms with E-state index in [1.54, 1.807) is 6.08 Å². The Morgan fingerprint density at radius 2 is 1.35 bits per heavy atom. The van der Waals surface area contributed by atoms with Crippen LogP contribution < -0.4 is 0 Å². The van der Waals surface area contributed by atoms with Crippen LogP contribution in [0.1, 0.15) is 89.5 Å². The van der Waals surface area contributed by atoms with Gasteiger partial charge in [-0.05, 0) is 18.1 Å². The normalized spacial score (nSPS) is 11.5. The number of rotatable bonds is 16. The van der Waals surface area contributed by atoms with Crippen LogP contribution in [0.5, 0.6) is 0 Å². The molecule has 3 nitrogen and oxygen atoms in total. The van der Waals surface area contributed by atoms with Gasteiger partial charge in [-0.15, -0.1) is 0 Å². The van der Waals surface area contributed by atoms with E-state index < -0.39 is 5.97 Å². The second-order valence-corrected chi connectivity index (χ2v) is 6.96. The summed E-state index contributed by atoms with van der Waals surface area (Å²) < 4.78 is 5.46. The molecule has 146 valence electrons. The lowest BCUT2D eigenvalue weighted by Crippen LogP contribution is -2.06. The summed E-state index contributed by atoms with van der Waals surface area (Å²) in [5.74, 6) is -0.980. The van der Waals surface area contributed by atoms with Crippen LogP contribution in [0, 0.1) is 0 Å². The minimum absolute atomic E-state index is 0.0271. The summed E-state index contributed by atoms with van der Waals surface area (Å²) in [7, 11) is 0. The average molecular weight is 361 g/mol. The van der Waals surface area contributed by atoms with Crippen molar-refractivity contribution in [3.05, 3.63) is 41.7 Å². The standard InChI is InChI=1S/C23H36O3/c1-2-3-4-5-6-7-8-9-10-11-12-16-19-26-22(23(24)25)20-21-17-14-13-15-18-21/h13-15,17-18,20H,2-12,16,19H2,1H3,(H,24,25). The van der Waals surface area contributed by atoms with Gasteiger partial charge in [0.2, 0.25) is 5.76 Å². The highest BCUT2D eigenvalue weighted by molar-refractivity contribution is 5.89. The van der Waals surface area contributed by atoms with Gasteiger partial charge in [0.05, 0.1) is 6.61 Å². The Morgan fingerprint density at radius 3 is 1.85 bits per heavy atom. The van der Waals surface area contributed by atoms with Gasteiger partial charge >= 0.3 is 5.97 Å². The third-order valence-corrected chi connectivity index (χ3v) is 4.56. The Morgan fingerprint density at radius 1 is 0.846 bits per heavy atom. The molecule has 0 amide bonds. The number of hydrogen-bond acceptors (Lipinski definition) is 2. The summed E-state index contributed by atoms with van der Waals surface area (Å²) in [5, 5.41) is 9.23. The second-order valence-electron chi connectivity index (χ2n) is 6.96. The topological polar surface area (TPSA) is 46.5 Å². The summed E-state index contributed by atoms with van der Waals surface area (Å²) in [4.78, 5) is 11.3. The third-order valence-electron chi connectivity index (χ3n) is 4.56. The molecule has 0 radical (unpaired) electrons. The molecule has 0 atom stereocenters. The first-order valence-electron chi connectivity index (χ1n) is 10.4. The van der Waals surface area contributed by atoms with E-state index in [2.05, 4.69) is 6.92 Å². The molecule has 0 saturated carbocycles. The lowest BCUT2D eigenvalue weighted by molar-refractivity contribution is -0.136. The molecular formula is C23H36O3. The molecule has 3 heteroatoms. The summed E-state index contributed by atoms with van der Waals surface area (Å²) in [6, 6.07) is 9.42. The van der Waals surface area contributed by atoms with Crippen molar-refractivity contribution in [1.29, 1.82) is 0 Å². The van der Waals surface area contributed by atoms with Crippen molar-refractivity contribution in [2.24, 2.45) is 0 Å². The lowest BCUT2D eigenvalue weighted by atomic mass is 10.1. The maximum absolute atomic E-state index is 11.3. The van der Waals surface area contributed by atoms with Gasteiger partial charge in [-0.25, -0.2) is 4.79 Å². The van der Waals surface area contributed by atoms with E-state index in [9.17, 15) is 9.90 Å². The van der Waals surface area contributed by atoms with E-state index in [1.807, 2.05) is 30.3 Å². The number of unbranched alkanes of at least 4 members (excludes halogenated alkanes) is 11. The van der Waals surface area contributed by atoms with Crippen LogP contribution >= 0.6 is 0 Å². The highest BCUT2D eigenvalue weighted by atomic mass is 16.5. The highest BCUT2D eigenvalue weighted by Gasteiger charge is 2.08. The molecule has 1 aromatic rings. The molecule has 1 aromatic carbocycles. The van der Waals surface area contributed by atoms with Gasteiger partial charge in [-0.1, -0.05) is 108 Å². The molecule has 26 heavy (non-hydrogen) atoms. The fourth-order valence-corrected chi connectivity index (χ4v) is 2.99. The van der Waals surface area contributed by atoms with Gasteiger partial charge < -0.3 is 9.84 Å². The van der Waals surface area contributed by atoms with Crippen LogP contribution in [0.4, 0.5) is 0 Å². The Kier molecular flexibility index (Phi) is 13.3. The quantitative estimate of drug-likeness (QED) is 0.200. The number of carboxylic acid groups (broad SMARTS) is 1. The zero-order valence-electron chi connectivity index (χ0n) is 16.4. The summed E-state index contributed by atoms with van der Waals surface area (Å²) in [6.07, 6.45) is 17.0. The van der Waals surface area contributed by atoms with Crippen LogP contribution in [0.3, 0.4) is 0 Å². The molecule has 0 heterocycles. The molecule has 0 unspecified atom stereocenters. The maximum atomic E-state index is 11.3. The van der Waals surface area contributed by atoms with E-state index in [-0.39, 0.29) is 5.76 Å². The van der Waals surface area contributed by atoms with Gasteiger partial charge in [0.1, 0.15) is 0 Å². The largest absolute Gasteiger partial charge is 0.487 e. The summed E-state index contributed by atoms with van der Waals surface area (Å²) in [5.41, 5.74) is 0.847. The van der Waals surface area contributed by atoms with Crippen LogP contribution in [0.2, 0.25) is 0 Å². The van der Waals surface area contributed by atoms with Gasteiger partial charge in [-0.3, -0.25) is 0 Å². The summed E-state index contributed by atoms with van der Waals surface area (Å²) in [6.45, 7) is 2.73. The van der Waals surface area contributed by atoms with Crippen molar-refractivity contribution in [3.8, 4) is 0 Å². The lowest BCUT2D eigenvalue weighted by Gasteiger charge is -2.07.